The standard InChI is InChI=1S/C11H16N4O2/c12-5-2-1-3-7-15-9(16)11(14-10(15)17)4-6-13-8-11/h13H,1-4,6-8H2,(H,14,17). The summed E-state index contributed by atoms with van der Waals surface area (Å²) in [6, 6.07) is 1.75. The molecule has 1 spiro atoms. The van der Waals surface area contributed by atoms with Crippen LogP contribution in [0, 0.1) is 11.3 Å². The SMILES string of the molecule is N#CCCCCN1C(=O)NC2(CCNC2)C1=O. The molecule has 2 heterocycles. The van der Waals surface area contributed by atoms with Crippen molar-refractivity contribution in [3.8, 4) is 6.07 Å². The maximum absolute atomic E-state index is 12.1. The van der Waals surface area contributed by atoms with Crippen molar-refractivity contribution in [3.63, 3.8) is 0 Å². The van der Waals surface area contributed by atoms with Crippen LogP contribution in [0.5, 0.6) is 0 Å². The molecule has 1 atom stereocenters. The smallest absolute Gasteiger partial charge is 0.322 e. The molecule has 2 N–H and O–H groups in total. The Bertz CT molecular complexity index is 368. The van der Waals surface area contributed by atoms with Crippen LogP contribution in [0.4, 0.5) is 4.79 Å². The number of imide groups is 1. The predicted octanol–water partition coefficient (Wildman–Crippen LogP) is -0.0358. The van der Waals surface area contributed by atoms with Gasteiger partial charge in [0.2, 0.25) is 0 Å². The molecule has 6 heteroatoms. The highest BCUT2D eigenvalue weighted by Gasteiger charge is 2.52. The fraction of sp³-hybridized carbons (Fsp3) is 0.727. The van der Waals surface area contributed by atoms with E-state index in [1.54, 1.807) is 0 Å². The number of unbranched alkanes of at least 4 members (excludes halogenated alkanes) is 2. The second-order valence-corrected chi connectivity index (χ2v) is 4.51. The van der Waals surface area contributed by atoms with Crippen LogP contribution < -0.4 is 10.6 Å². The molecule has 2 saturated heterocycles. The van der Waals surface area contributed by atoms with Crippen LogP contribution in [0.2, 0.25) is 0 Å². The molecule has 2 aliphatic heterocycles. The monoisotopic (exact) mass is 236 g/mol. The minimum Gasteiger partial charge on any atom is -0.322 e. The summed E-state index contributed by atoms with van der Waals surface area (Å²) in [6.07, 6.45) is 2.54. The first-order valence-corrected chi connectivity index (χ1v) is 5.91. The number of nitriles is 1. The number of nitrogens with one attached hydrogen (secondary N) is 2. The number of hydrogen-bond donors (Lipinski definition) is 2. The van der Waals surface area contributed by atoms with E-state index in [9.17, 15) is 9.59 Å². The number of nitrogens with zero attached hydrogens (tertiary/aromatic N) is 2. The summed E-state index contributed by atoms with van der Waals surface area (Å²) < 4.78 is 0. The largest absolute Gasteiger partial charge is 0.325 e. The molecular formula is C11H16N4O2. The predicted molar refractivity (Wildman–Crippen MR) is 59.9 cm³/mol. The van der Waals surface area contributed by atoms with Crippen LogP contribution in [0.1, 0.15) is 25.7 Å². The zero-order chi connectivity index (χ0) is 12.3. The van der Waals surface area contributed by atoms with Crippen molar-refractivity contribution in [1.82, 2.24) is 15.5 Å². The van der Waals surface area contributed by atoms with Crippen molar-refractivity contribution in [3.05, 3.63) is 0 Å². The molecule has 0 radical (unpaired) electrons. The molecule has 2 aliphatic rings. The highest BCUT2D eigenvalue weighted by molar-refractivity contribution is 6.07. The zero-order valence-electron chi connectivity index (χ0n) is 9.66. The molecule has 0 aliphatic carbocycles. The van der Waals surface area contributed by atoms with Gasteiger partial charge in [-0.3, -0.25) is 9.69 Å². The van der Waals surface area contributed by atoms with E-state index < -0.39 is 5.54 Å². The summed E-state index contributed by atoms with van der Waals surface area (Å²) in [5.74, 6) is -0.121. The molecule has 92 valence electrons. The Morgan fingerprint density at radius 1 is 1.41 bits per heavy atom. The van der Waals surface area contributed by atoms with E-state index in [4.69, 9.17) is 5.26 Å². The third kappa shape index (κ3) is 2.11. The van der Waals surface area contributed by atoms with Gasteiger partial charge in [-0.15, -0.1) is 0 Å². The summed E-state index contributed by atoms with van der Waals surface area (Å²) in [5.41, 5.74) is -0.702. The normalized spacial score (nSPS) is 27.6. The minimum absolute atomic E-state index is 0.121. The molecule has 0 aromatic heterocycles. The van der Waals surface area contributed by atoms with Crippen molar-refractivity contribution < 1.29 is 9.59 Å². The molecule has 2 fully saturated rings. The zero-order valence-corrected chi connectivity index (χ0v) is 9.66. The maximum Gasteiger partial charge on any atom is 0.325 e. The maximum atomic E-state index is 12.1. The summed E-state index contributed by atoms with van der Waals surface area (Å²) in [4.78, 5) is 25.1. The van der Waals surface area contributed by atoms with Crippen LogP contribution in [0.15, 0.2) is 0 Å². The Hall–Kier alpha value is -1.61. The van der Waals surface area contributed by atoms with Crippen molar-refractivity contribution >= 4 is 11.9 Å². The number of carbonyl (C=O) groups is 2. The molecular weight excluding hydrogens is 220 g/mol. The van der Waals surface area contributed by atoms with Gasteiger partial charge in [0.25, 0.3) is 5.91 Å². The number of rotatable bonds is 4. The third-order valence-corrected chi connectivity index (χ3v) is 3.32. The number of carbonyl (C=O) groups excluding carboxylic acids is 2. The van der Waals surface area contributed by atoms with E-state index in [2.05, 4.69) is 16.7 Å². The summed E-state index contributed by atoms with van der Waals surface area (Å²) in [6.45, 7) is 1.69. The van der Waals surface area contributed by atoms with Gasteiger partial charge in [-0.1, -0.05) is 0 Å². The lowest BCUT2D eigenvalue weighted by atomic mass is 9.99. The quantitative estimate of drug-likeness (QED) is 0.530. The van der Waals surface area contributed by atoms with Crippen LogP contribution >= 0.6 is 0 Å². The van der Waals surface area contributed by atoms with E-state index in [0.717, 1.165) is 13.0 Å². The Kier molecular flexibility index (Phi) is 3.29. The highest BCUT2D eigenvalue weighted by atomic mass is 16.2. The van der Waals surface area contributed by atoms with Crippen molar-refractivity contribution in [2.75, 3.05) is 19.6 Å². The summed E-state index contributed by atoms with van der Waals surface area (Å²) in [5, 5.41) is 14.3. The molecule has 1 unspecified atom stereocenters. The Labute approximate surface area is 100.0 Å². The van der Waals surface area contributed by atoms with Crippen molar-refractivity contribution in [1.29, 1.82) is 5.26 Å². The lowest BCUT2D eigenvalue weighted by molar-refractivity contribution is -0.130. The van der Waals surface area contributed by atoms with E-state index in [0.29, 0.717) is 32.4 Å². The summed E-state index contributed by atoms with van der Waals surface area (Å²) >= 11 is 0. The van der Waals surface area contributed by atoms with E-state index in [-0.39, 0.29) is 11.9 Å². The van der Waals surface area contributed by atoms with Gasteiger partial charge in [-0.25, -0.2) is 4.79 Å². The molecule has 0 aromatic carbocycles. The van der Waals surface area contributed by atoms with E-state index in [1.165, 1.54) is 4.90 Å². The van der Waals surface area contributed by atoms with Gasteiger partial charge in [0.15, 0.2) is 0 Å². The second kappa shape index (κ2) is 4.72. The van der Waals surface area contributed by atoms with Gasteiger partial charge in [-0.05, 0) is 25.8 Å². The van der Waals surface area contributed by atoms with Gasteiger partial charge in [0.1, 0.15) is 5.54 Å². The fourth-order valence-corrected chi connectivity index (χ4v) is 2.33. The first-order chi connectivity index (χ1) is 8.19. The fourth-order valence-electron chi connectivity index (χ4n) is 2.33. The molecule has 2 rings (SSSR count). The average molecular weight is 236 g/mol. The topological polar surface area (TPSA) is 85.2 Å². The van der Waals surface area contributed by atoms with Crippen molar-refractivity contribution in [2.45, 2.75) is 31.2 Å². The van der Waals surface area contributed by atoms with Crippen molar-refractivity contribution in [2.24, 2.45) is 0 Å². The highest BCUT2D eigenvalue weighted by Crippen LogP contribution is 2.24. The lowest BCUT2D eigenvalue weighted by Gasteiger charge is -2.19. The molecule has 0 saturated carbocycles. The third-order valence-electron chi connectivity index (χ3n) is 3.32. The molecule has 0 bridgehead atoms. The molecule has 6 nitrogen and oxygen atoms in total. The van der Waals surface area contributed by atoms with Crippen LogP contribution in [0.25, 0.3) is 0 Å². The first-order valence-electron chi connectivity index (χ1n) is 5.91. The Morgan fingerprint density at radius 2 is 2.24 bits per heavy atom. The van der Waals surface area contributed by atoms with Crippen LogP contribution in [0.3, 0.4) is 0 Å². The van der Waals surface area contributed by atoms with Gasteiger partial charge >= 0.3 is 6.03 Å². The average Bonchev–Trinajstić information content (AvgIpc) is 2.85. The van der Waals surface area contributed by atoms with Gasteiger partial charge < -0.3 is 10.6 Å². The second-order valence-electron chi connectivity index (χ2n) is 4.51. The van der Waals surface area contributed by atoms with E-state index in [1.807, 2.05) is 0 Å². The lowest BCUT2D eigenvalue weighted by Crippen LogP contribution is -2.48. The summed E-state index contributed by atoms with van der Waals surface area (Å²) in [7, 11) is 0. The minimum atomic E-state index is -0.702. The first kappa shape index (κ1) is 11.9. The number of amides is 3. The Balaban J connectivity index is 1.93. The molecule has 0 aromatic rings. The van der Waals surface area contributed by atoms with Gasteiger partial charge in [-0.2, -0.15) is 5.26 Å². The molecule has 17 heavy (non-hydrogen) atoms. The van der Waals surface area contributed by atoms with E-state index >= 15 is 0 Å². The number of hydrogen-bond acceptors (Lipinski definition) is 4. The van der Waals surface area contributed by atoms with Crippen LogP contribution in [-0.2, 0) is 4.79 Å². The van der Waals surface area contributed by atoms with Gasteiger partial charge in [0.05, 0.1) is 6.07 Å². The number of urea groups is 1. The van der Waals surface area contributed by atoms with Gasteiger partial charge in [0, 0.05) is 19.5 Å². The Morgan fingerprint density at radius 3 is 2.88 bits per heavy atom. The molecule has 3 amide bonds. The van der Waals surface area contributed by atoms with Crippen LogP contribution in [-0.4, -0.2) is 42.0 Å².